The fourth-order valence-corrected chi connectivity index (χ4v) is 3.44. The van der Waals surface area contributed by atoms with Crippen molar-refractivity contribution in [3.63, 3.8) is 0 Å². The number of aliphatic hydroxyl groups excluding tert-OH is 1. The molecular weight excluding hydrogens is 426 g/mol. The molecule has 1 aliphatic rings. The Hall–Kier alpha value is -3.31. The molecule has 2 aromatic rings. The van der Waals surface area contributed by atoms with Crippen LogP contribution < -0.4 is 26.2 Å². The van der Waals surface area contributed by atoms with Crippen LogP contribution in [0.5, 0.6) is 5.75 Å². The summed E-state index contributed by atoms with van der Waals surface area (Å²) in [4.78, 5) is 20.9. The van der Waals surface area contributed by atoms with E-state index in [1.807, 2.05) is 51.6 Å². The monoisotopic (exact) mass is 459 g/mol. The van der Waals surface area contributed by atoms with Crippen LogP contribution in [0.1, 0.15) is 51.9 Å². The van der Waals surface area contributed by atoms with E-state index >= 15 is 0 Å². The Kier molecular flexibility index (Phi) is 7.13. The number of hydrazine groups is 2. The molecule has 11 nitrogen and oxygen atoms in total. The lowest BCUT2D eigenvalue weighted by Crippen LogP contribution is -2.50. The van der Waals surface area contributed by atoms with Crippen molar-refractivity contribution in [2.75, 3.05) is 27.3 Å². The number of aromatic hydroxyl groups is 1. The number of hydrogen-bond acceptors (Lipinski definition) is 10. The first-order valence-electron chi connectivity index (χ1n) is 11.0. The topological polar surface area (TPSA) is 146 Å². The van der Waals surface area contributed by atoms with E-state index in [9.17, 15) is 20.1 Å². The lowest BCUT2D eigenvalue weighted by Gasteiger charge is -2.27. The summed E-state index contributed by atoms with van der Waals surface area (Å²) in [7, 11) is 0. The number of rotatable bonds is 9. The third-order valence-corrected chi connectivity index (χ3v) is 5.39. The summed E-state index contributed by atoms with van der Waals surface area (Å²) in [6.45, 7) is 12.0. The molecule has 1 aromatic carbocycles. The Morgan fingerprint density at radius 3 is 2.30 bits per heavy atom. The lowest BCUT2D eigenvalue weighted by atomic mass is 10.1. The van der Waals surface area contributed by atoms with Gasteiger partial charge in [0.25, 0.3) is 0 Å². The van der Waals surface area contributed by atoms with E-state index in [0.29, 0.717) is 29.0 Å². The SMILES string of the molecule is CC(C)[C@H](CO)Nc1nc(Nc2ccc(O)c(C(=O)O)c2)c2c(n1)N(C(C)C)NN2C(C)C. The molecule has 0 aliphatic carbocycles. The third-order valence-electron chi connectivity index (χ3n) is 5.39. The van der Waals surface area contributed by atoms with Crippen LogP contribution in [0.3, 0.4) is 0 Å². The van der Waals surface area contributed by atoms with Crippen molar-refractivity contribution >= 4 is 34.9 Å². The van der Waals surface area contributed by atoms with Gasteiger partial charge in [-0.25, -0.2) is 4.79 Å². The highest BCUT2D eigenvalue weighted by Gasteiger charge is 2.35. The van der Waals surface area contributed by atoms with E-state index in [-0.39, 0.29) is 42.0 Å². The van der Waals surface area contributed by atoms with Gasteiger partial charge in [-0.05, 0) is 51.8 Å². The molecule has 1 aromatic heterocycles. The lowest BCUT2D eigenvalue weighted by molar-refractivity contribution is 0.0693. The van der Waals surface area contributed by atoms with Crippen molar-refractivity contribution < 1.29 is 20.1 Å². The summed E-state index contributed by atoms with van der Waals surface area (Å²) < 4.78 is 0. The molecule has 0 bridgehead atoms. The molecular formula is C22H33N7O4. The molecule has 3 rings (SSSR count). The molecule has 0 saturated heterocycles. The number of phenols is 1. The van der Waals surface area contributed by atoms with E-state index in [1.165, 1.54) is 12.1 Å². The first-order valence-corrected chi connectivity index (χ1v) is 11.0. The average molecular weight is 460 g/mol. The largest absolute Gasteiger partial charge is 0.507 e. The number of carboxylic acid groups (broad SMARTS) is 1. The number of carbonyl (C=O) groups is 1. The minimum Gasteiger partial charge on any atom is -0.507 e. The van der Waals surface area contributed by atoms with Gasteiger partial charge in [-0.3, -0.25) is 10.0 Å². The standard InChI is InChI=1S/C22H33N7O4/c1-11(2)16(10-30)24-22-25-19(23-14-7-8-17(31)15(9-14)21(32)33)18-20(26-22)29(13(5)6)27-28(18)12(3)4/h7-9,11-13,16,27,30-31H,10H2,1-6H3,(H,32,33)(H2,23,24,25,26)/t16-/m0/s1. The highest BCUT2D eigenvalue weighted by molar-refractivity contribution is 5.93. The Balaban J connectivity index is 2.13. The highest BCUT2D eigenvalue weighted by atomic mass is 16.4. The second-order valence-electron chi connectivity index (χ2n) is 8.94. The van der Waals surface area contributed by atoms with E-state index in [4.69, 9.17) is 4.98 Å². The Morgan fingerprint density at radius 1 is 1.09 bits per heavy atom. The zero-order valence-electron chi connectivity index (χ0n) is 19.8. The van der Waals surface area contributed by atoms with Gasteiger partial charge in [0.2, 0.25) is 5.95 Å². The van der Waals surface area contributed by atoms with Crippen LogP contribution in [0.4, 0.5) is 29.0 Å². The van der Waals surface area contributed by atoms with E-state index < -0.39 is 5.97 Å². The van der Waals surface area contributed by atoms with Crippen LogP contribution in [0.2, 0.25) is 0 Å². The molecule has 0 saturated carbocycles. The Labute approximate surface area is 193 Å². The summed E-state index contributed by atoms with van der Waals surface area (Å²) in [5.41, 5.74) is 4.29. The number of aromatic carboxylic acids is 1. The highest BCUT2D eigenvalue weighted by Crippen LogP contribution is 2.41. The molecule has 6 N–H and O–H groups in total. The van der Waals surface area contributed by atoms with Crippen molar-refractivity contribution in [1.82, 2.24) is 15.5 Å². The van der Waals surface area contributed by atoms with Crippen LogP contribution in [0.25, 0.3) is 0 Å². The van der Waals surface area contributed by atoms with Gasteiger partial charge in [-0.2, -0.15) is 9.97 Å². The summed E-state index contributed by atoms with van der Waals surface area (Å²) in [5, 5.41) is 39.3. The summed E-state index contributed by atoms with van der Waals surface area (Å²) in [5.74, 6) is 0.0306. The van der Waals surface area contributed by atoms with Crippen molar-refractivity contribution in [1.29, 1.82) is 0 Å². The van der Waals surface area contributed by atoms with Gasteiger partial charge in [0, 0.05) is 17.8 Å². The molecule has 1 aliphatic heterocycles. The van der Waals surface area contributed by atoms with Gasteiger partial charge in [-0.1, -0.05) is 13.8 Å². The molecule has 0 fully saturated rings. The number of carboxylic acids is 1. The third kappa shape index (κ3) is 5.04. The summed E-state index contributed by atoms with van der Waals surface area (Å²) >= 11 is 0. The number of nitrogens with zero attached hydrogens (tertiary/aromatic N) is 4. The smallest absolute Gasteiger partial charge is 0.339 e. The van der Waals surface area contributed by atoms with Crippen LogP contribution in [0.15, 0.2) is 18.2 Å². The first-order chi connectivity index (χ1) is 15.5. The van der Waals surface area contributed by atoms with Crippen molar-refractivity contribution in [3.05, 3.63) is 23.8 Å². The summed E-state index contributed by atoms with van der Waals surface area (Å²) in [6, 6.07) is 4.15. The van der Waals surface area contributed by atoms with Crippen molar-refractivity contribution in [2.45, 2.75) is 59.7 Å². The molecule has 180 valence electrons. The van der Waals surface area contributed by atoms with E-state index in [0.717, 1.165) is 0 Å². The summed E-state index contributed by atoms with van der Waals surface area (Å²) in [6.07, 6.45) is 0. The normalized spacial score (nSPS) is 14.2. The van der Waals surface area contributed by atoms with Crippen LogP contribution in [-0.2, 0) is 0 Å². The first kappa shape index (κ1) is 24.3. The second kappa shape index (κ2) is 9.67. The van der Waals surface area contributed by atoms with Gasteiger partial charge in [-0.15, -0.1) is 5.53 Å². The number of nitrogens with one attached hydrogen (secondary N) is 3. The predicted molar refractivity (Wildman–Crippen MR) is 128 cm³/mol. The molecule has 33 heavy (non-hydrogen) atoms. The predicted octanol–water partition coefficient (Wildman–Crippen LogP) is 2.92. The zero-order chi connectivity index (χ0) is 24.4. The average Bonchev–Trinajstić information content (AvgIpc) is 3.13. The fraction of sp³-hybridized carbons (Fsp3) is 0.500. The van der Waals surface area contributed by atoms with Gasteiger partial charge in [0.1, 0.15) is 17.0 Å². The molecule has 0 unspecified atom stereocenters. The number of fused-ring (bicyclic) bond motifs is 1. The van der Waals surface area contributed by atoms with E-state index in [1.54, 1.807) is 6.07 Å². The Morgan fingerprint density at radius 2 is 1.76 bits per heavy atom. The van der Waals surface area contributed by atoms with Crippen molar-refractivity contribution in [3.8, 4) is 5.75 Å². The molecule has 0 spiro atoms. The molecule has 2 heterocycles. The quantitative estimate of drug-likeness (QED) is 0.308. The molecule has 0 amide bonds. The molecule has 1 atom stereocenters. The maximum atomic E-state index is 11.5. The minimum absolute atomic E-state index is 0.0608. The van der Waals surface area contributed by atoms with E-state index in [2.05, 4.69) is 21.2 Å². The minimum atomic E-state index is -1.23. The van der Waals surface area contributed by atoms with Crippen molar-refractivity contribution in [2.24, 2.45) is 5.92 Å². The second-order valence-corrected chi connectivity index (χ2v) is 8.94. The maximum Gasteiger partial charge on any atom is 0.339 e. The van der Waals surface area contributed by atoms with Crippen LogP contribution >= 0.6 is 0 Å². The van der Waals surface area contributed by atoms with Gasteiger partial charge < -0.3 is 26.0 Å². The van der Waals surface area contributed by atoms with Gasteiger partial charge in [0.05, 0.1) is 12.6 Å². The molecule has 11 heteroatoms. The van der Waals surface area contributed by atoms with Crippen LogP contribution in [-0.4, -0.2) is 56.0 Å². The number of benzene rings is 1. The van der Waals surface area contributed by atoms with Gasteiger partial charge in [0.15, 0.2) is 11.6 Å². The number of hydrogen-bond donors (Lipinski definition) is 6. The van der Waals surface area contributed by atoms with Crippen LogP contribution in [0, 0.1) is 5.92 Å². The zero-order valence-corrected chi connectivity index (χ0v) is 19.8. The number of aliphatic hydroxyl groups is 1. The Bertz CT molecular complexity index is 1010. The number of anilines is 5. The van der Waals surface area contributed by atoms with Gasteiger partial charge >= 0.3 is 5.97 Å². The fourth-order valence-electron chi connectivity index (χ4n) is 3.44. The number of aromatic nitrogens is 2. The molecule has 0 radical (unpaired) electrons. The maximum absolute atomic E-state index is 11.5.